The second kappa shape index (κ2) is 25.7. The van der Waals surface area contributed by atoms with Crippen LogP contribution in [0.1, 0.15) is 2.85 Å². The van der Waals surface area contributed by atoms with Crippen molar-refractivity contribution in [3.05, 3.63) is 0 Å². The maximum atomic E-state index is 8.55. The van der Waals surface area contributed by atoms with E-state index in [1.807, 2.05) is 0 Å². The van der Waals surface area contributed by atoms with E-state index in [1.165, 1.54) is 0 Å². The molecule has 0 N–H and O–H groups in total. The van der Waals surface area contributed by atoms with Gasteiger partial charge in [-0.15, -0.1) is 0 Å². The van der Waals surface area contributed by atoms with Crippen molar-refractivity contribution in [2.75, 3.05) is 0 Å². The summed E-state index contributed by atoms with van der Waals surface area (Å²) in [6, 6.07) is 0. The van der Waals surface area contributed by atoms with Gasteiger partial charge in [0.1, 0.15) is 0 Å². The fourth-order valence-corrected chi connectivity index (χ4v) is 0. The van der Waals surface area contributed by atoms with Crippen molar-refractivity contribution in [2.45, 2.75) is 0 Å². The molecule has 0 aliphatic heterocycles. The molecule has 0 aliphatic rings. The minimum atomic E-state index is -5.39. The Kier molecular flexibility index (Phi) is 51.5. The zero-order valence-corrected chi connectivity index (χ0v) is 22.5. The Morgan fingerprint density at radius 3 is 0.310 bits per heavy atom. The second-order valence-corrected chi connectivity index (χ2v) is 6.71. The third-order valence-corrected chi connectivity index (χ3v) is 0. The van der Waals surface area contributed by atoms with Gasteiger partial charge in [0.05, 0.1) is 0 Å². The molecule has 179 valence electrons. The number of rotatable bonds is 0. The molecule has 0 aromatic heterocycles. The van der Waals surface area contributed by atoms with Gasteiger partial charge in [-0.1, -0.05) is 0 Å². The predicted molar refractivity (Wildman–Crippen MR) is 46.0 cm³/mol. The molecule has 0 aromatic rings. The monoisotopic (exact) mass is 654 g/mol. The number of hydrogen-bond donors (Lipinski definition) is 0. The van der Waals surface area contributed by atoms with Gasteiger partial charge in [0.2, 0.25) is 0 Å². The van der Waals surface area contributed by atoms with Gasteiger partial charge in [-0.2, -0.15) is 39.1 Å². The fraction of sp³-hybridized carbons (Fsp3) is 0. The summed E-state index contributed by atoms with van der Waals surface area (Å²) in [5.74, 6) is 0. The molecular formula is H2MgO20P5V3-15. The quantitative estimate of drug-likeness (QED) is 0.173. The molecule has 0 aliphatic carbocycles. The normalized spacial score (nSPS) is 10.2. The van der Waals surface area contributed by atoms with E-state index in [2.05, 4.69) is 0 Å². The van der Waals surface area contributed by atoms with Gasteiger partial charge in [-0.05, 0) is 0 Å². The van der Waals surface area contributed by atoms with Crippen molar-refractivity contribution in [2.24, 2.45) is 0 Å². The zero-order chi connectivity index (χ0) is 22.5. The van der Waals surface area contributed by atoms with Gasteiger partial charge in [0, 0.05) is 55.7 Å². The molecule has 0 bridgehead atoms. The van der Waals surface area contributed by atoms with Crippen LogP contribution in [-0.4, -0.2) is 23.1 Å². The molecule has 0 aromatic carbocycles. The maximum absolute atomic E-state index is 8.55. The van der Waals surface area contributed by atoms with E-state index in [0.29, 0.717) is 0 Å². The Balaban J connectivity index is -0.0000000171. The van der Waals surface area contributed by atoms with E-state index in [4.69, 9.17) is 96.2 Å². The Morgan fingerprint density at radius 2 is 0.310 bits per heavy atom. The molecule has 0 atom stereocenters. The van der Waals surface area contributed by atoms with Crippen LogP contribution in [0.2, 0.25) is 0 Å². The second-order valence-electron chi connectivity index (χ2n) is 2.24. The van der Waals surface area contributed by atoms with E-state index < -0.39 is 39.1 Å². The van der Waals surface area contributed by atoms with Crippen molar-refractivity contribution in [3.8, 4) is 0 Å². The Morgan fingerprint density at radius 1 is 0.310 bits per heavy atom. The summed E-state index contributed by atoms with van der Waals surface area (Å²) in [5, 5.41) is 0. The van der Waals surface area contributed by atoms with Crippen LogP contribution in [0.15, 0.2) is 0 Å². The Bertz CT molecular complexity index is 396. The van der Waals surface area contributed by atoms with E-state index >= 15 is 0 Å². The smallest absolute Gasteiger partial charge is 1.00 e. The molecule has 0 unspecified atom stereocenters. The van der Waals surface area contributed by atoms with Crippen LogP contribution < -0.4 is 73.4 Å². The summed E-state index contributed by atoms with van der Waals surface area (Å²) in [7, 11) is -26.9. The summed E-state index contributed by atoms with van der Waals surface area (Å²) in [6.07, 6.45) is 0. The minimum Gasteiger partial charge on any atom is -1.00 e. The van der Waals surface area contributed by atoms with Gasteiger partial charge in [-0.25, -0.2) is 0 Å². The topological polar surface area (TPSA) is 431 Å². The molecule has 0 rings (SSSR count). The first-order valence-corrected chi connectivity index (χ1v) is 11.0. The minimum absolute atomic E-state index is 0. The van der Waals surface area contributed by atoms with Gasteiger partial charge in [0.15, 0.2) is 0 Å². The molecule has 0 saturated carbocycles. The summed E-state index contributed by atoms with van der Waals surface area (Å²) in [4.78, 5) is 128. The molecule has 20 nitrogen and oxygen atoms in total. The van der Waals surface area contributed by atoms with E-state index in [-0.39, 0.29) is 81.6 Å². The fourth-order valence-electron chi connectivity index (χ4n) is 0. The van der Waals surface area contributed by atoms with Crippen LogP contribution in [0.25, 0.3) is 0 Å². The zero-order valence-electron chi connectivity index (χ0n) is 14.4. The first-order chi connectivity index (χ1) is 10.0. The summed E-state index contributed by atoms with van der Waals surface area (Å²) in [6.45, 7) is 0. The van der Waals surface area contributed by atoms with Crippen LogP contribution in [0.3, 0.4) is 0 Å². The van der Waals surface area contributed by atoms with Gasteiger partial charge in [-0.3, -0.25) is 0 Å². The van der Waals surface area contributed by atoms with Crippen LogP contribution in [0.4, 0.5) is 0 Å². The molecule has 0 fully saturated rings. The molecule has 29 heavy (non-hydrogen) atoms. The maximum Gasteiger partial charge on any atom is 2.00 e. The molecule has 3 radical (unpaired) electrons. The van der Waals surface area contributed by atoms with E-state index in [9.17, 15) is 0 Å². The van der Waals surface area contributed by atoms with Gasteiger partial charge in [0.25, 0.3) is 0 Å². The van der Waals surface area contributed by atoms with Gasteiger partial charge < -0.3 is 99.1 Å². The van der Waals surface area contributed by atoms with E-state index in [0.717, 1.165) is 0 Å². The third-order valence-electron chi connectivity index (χ3n) is 0. The largest absolute Gasteiger partial charge is 2.00 e. The molecule has 0 saturated heterocycles. The van der Waals surface area contributed by atoms with Crippen LogP contribution in [-0.2, 0) is 78.5 Å². The standard InChI is InChI=1S/Mg.5H3O4P.3V.2H/c;5*1-5(2,3)4;;;;;/h;5*(H3,1,2,3,4);;;;;/q+2;;;;;;;;;2*-1/p-15. The van der Waals surface area contributed by atoms with Crippen molar-refractivity contribution in [1.82, 2.24) is 0 Å². The van der Waals surface area contributed by atoms with E-state index in [1.54, 1.807) is 0 Å². The first kappa shape index (κ1) is 58.2. The first-order valence-electron chi connectivity index (χ1n) is 3.65. The van der Waals surface area contributed by atoms with Crippen molar-refractivity contribution in [3.63, 3.8) is 0 Å². The predicted octanol–water partition coefficient (Wildman–Crippen LogP) is -14.3. The van der Waals surface area contributed by atoms with Crippen molar-refractivity contribution >= 4 is 62.2 Å². The Labute approximate surface area is 215 Å². The van der Waals surface area contributed by atoms with Crippen molar-refractivity contribution < 1.29 is 155 Å². The number of hydrogen-bond acceptors (Lipinski definition) is 20. The molecule has 0 heterocycles. The van der Waals surface area contributed by atoms with Crippen LogP contribution >= 0.6 is 39.1 Å². The summed E-state index contributed by atoms with van der Waals surface area (Å²) >= 11 is 0. The molecule has 29 heteroatoms. The Hall–Kier alpha value is 3.07. The summed E-state index contributed by atoms with van der Waals surface area (Å²) in [5.41, 5.74) is 0. The SMILES string of the molecule is O=P([O-])([O-])[O-].O=P([O-])([O-])[O-].O=P([O-])([O-])[O-].O=P([O-])([O-])[O-].O=P([O-])([O-])[O-].[H-].[H-].[Mg+2].[V].[V].[V]. The average molecular weight is 654 g/mol. The molecule has 0 spiro atoms. The van der Waals surface area contributed by atoms with Crippen LogP contribution in [0, 0.1) is 0 Å². The molecule has 0 amide bonds. The third kappa shape index (κ3) is 2790. The summed E-state index contributed by atoms with van der Waals surface area (Å²) < 4.78 is 42.7. The average Bonchev–Trinajstić information content (AvgIpc) is 1.79. The number of phosphoric acid groups is 5. The molecular weight excluding hydrogens is 652 g/mol. The van der Waals surface area contributed by atoms with Crippen LogP contribution in [0.5, 0.6) is 0 Å². The van der Waals surface area contributed by atoms with Crippen molar-refractivity contribution in [1.29, 1.82) is 0 Å². The van der Waals surface area contributed by atoms with Gasteiger partial charge >= 0.3 is 23.1 Å².